The summed E-state index contributed by atoms with van der Waals surface area (Å²) in [5.41, 5.74) is 11.8. The van der Waals surface area contributed by atoms with E-state index in [0.29, 0.717) is 18.9 Å². The van der Waals surface area contributed by atoms with Crippen molar-refractivity contribution in [3.05, 3.63) is 29.8 Å². The first-order chi connectivity index (χ1) is 8.56. The van der Waals surface area contributed by atoms with Crippen LogP contribution in [-0.4, -0.2) is 18.6 Å². The summed E-state index contributed by atoms with van der Waals surface area (Å²) < 4.78 is 5.69. The smallest absolute Gasteiger partial charge is 0.234 e. The van der Waals surface area contributed by atoms with E-state index >= 15 is 0 Å². The lowest BCUT2D eigenvalue weighted by Gasteiger charge is -2.16. The Kier molecular flexibility index (Phi) is 5.65. The van der Waals surface area contributed by atoms with E-state index in [-0.39, 0.29) is 0 Å². The van der Waals surface area contributed by atoms with Crippen LogP contribution in [0.25, 0.3) is 0 Å². The van der Waals surface area contributed by atoms with Gasteiger partial charge in [0.1, 0.15) is 5.75 Å². The van der Waals surface area contributed by atoms with Gasteiger partial charge in [0.25, 0.3) is 0 Å². The molecule has 4 N–H and O–H groups in total. The highest BCUT2D eigenvalue weighted by atomic mass is 16.5. The summed E-state index contributed by atoms with van der Waals surface area (Å²) in [7, 11) is 0. The molecule has 0 saturated heterocycles. The molecule has 0 bridgehead atoms. The third-order valence-electron chi connectivity index (χ3n) is 3.11. The third kappa shape index (κ3) is 4.04. The van der Waals surface area contributed by atoms with E-state index in [1.54, 1.807) is 0 Å². The summed E-state index contributed by atoms with van der Waals surface area (Å²) in [6.45, 7) is 4.71. The second kappa shape index (κ2) is 7.01. The Morgan fingerprint density at radius 1 is 1.39 bits per heavy atom. The Hall–Kier alpha value is -1.55. The van der Waals surface area contributed by atoms with Gasteiger partial charge in [-0.25, -0.2) is 0 Å². The number of hydrogen-bond acceptors (Lipinski definition) is 3. The van der Waals surface area contributed by atoms with Crippen LogP contribution in [0.3, 0.4) is 0 Å². The number of carbonyl (C=O) groups excluding carboxylic acids is 1. The first kappa shape index (κ1) is 14.5. The van der Waals surface area contributed by atoms with E-state index in [4.69, 9.17) is 16.2 Å². The number of benzene rings is 1. The summed E-state index contributed by atoms with van der Waals surface area (Å²) in [4.78, 5) is 10.8. The molecule has 18 heavy (non-hydrogen) atoms. The number of carbonyl (C=O) groups is 1. The van der Waals surface area contributed by atoms with Gasteiger partial charge in [0.05, 0.1) is 12.6 Å². The maximum atomic E-state index is 10.8. The van der Waals surface area contributed by atoms with Crippen molar-refractivity contribution in [1.29, 1.82) is 0 Å². The van der Waals surface area contributed by atoms with Gasteiger partial charge in [-0.3, -0.25) is 4.79 Å². The Balaban J connectivity index is 2.59. The van der Waals surface area contributed by atoms with Gasteiger partial charge in [-0.1, -0.05) is 32.0 Å². The highest BCUT2D eigenvalue weighted by Crippen LogP contribution is 2.28. The molecule has 1 aromatic carbocycles. The van der Waals surface area contributed by atoms with E-state index in [9.17, 15) is 4.79 Å². The molecule has 0 aliphatic carbocycles. The quantitative estimate of drug-likeness (QED) is 0.774. The second-order valence-electron chi connectivity index (χ2n) is 4.49. The molecule has 0 aliphatic rings. The van der Waals surface area contributed by atoms with E-state index in [1.165, 1.54) is 5.56 Å². The molecule has 0 saturated carbocycles. The van der Waals surface area contributed by atoms with Crippen LogP contribution in [-0.2, 0) is 4.79 Å². The van der Waals surface area contributed by atoms with Crippen molar-refractivity contribution < 1.29 is 9.53 Å². The third-order valence-corrected chi connectivity index (χ3v) is 3.11. The van der Waals surface area contributed by atoms with Gasteiger partial charge in [-0.05, 0) is 24.0 Å². The summed E-state index contributed by atoms with van der Waals surface area (Å²) >= 11 is 0. The topological polar surface area (TPSA) is 78.3 Å². The van der Waals surface area contributed by atoms with Crippen LogP contribution in [0.15, 0.2) is 24.3 Å². The fourth-order valence-electron chi connectivity index (χ4n) is 1.68. The van der Waals surface area contributed by atoms with Gasteiger partial charge >= 0.3 is 0 Å². The minimum absolute atomic E-state index is 0.400. The van der Waals surface area contributed by atoms with Gasteiger partial charge in [0.15, 0.2) is 0 Å². The molecule has 100 valence electrons. The number of nitrogens with two attached hydrogens (primary N) is 2. The van der Waals surface area contributed by atoms with Crippen molar-refractivity contribution in [1.82, 2.24) is 0 Å². The molecule has 4 heteroatoms. The summed E-state index contributed by atoms with van der Waals surface area (Å²) in [5, 5.41) is 0. The van der Waals surface area contributed by atoms with Crippen molar-refractivity contribution >= 4 is 5.91 Å². The largest absolute Gasteiger partial charge is 0.493 e. The highest BCUT2D eigenvalue weighted by molar-refractivity contribution is 5.79. The molecule has 0 heterocycles. The fourth-order valence-corrected chi connectivity index (χ4v) is 1.68. The average molecular weight is 250 g/mol. The monoisotopic (exact) mass is 250 g/mol. The summed E-state index contributed by atoms with van der Waals surface area (Å²) in [5.74, 6) is 0.823. The fraction of sp³-hybridized carbons (Fsp3) is 0.500. The predicted octanol–water partition coefficient (Wildman–Crippen LogP) is 1.78. The standard InChI is InChI=1S/C14H22N2O2/c1-3-10(2)11-6-4-5-7-13(11)18-9-8-12(15)14(16)17/h4-7,10,12H,3,8-9,15H2,1-2H3,(H2,16,17). The van der Waals surface area contributed by atoms with Gasteiger partial charge in [0.2, 0.25) is 5.91 Å². The van der Waals surface area contributed by atoms with Crippen molar-refractivity contribution in [3.8, 4) is 5.75 Å². The molecule has 2 atom stereocenters. The molecule has 0 radical (unpaired) electrons. The van der Waals surface area contributed by atoms with Crippen LogP contribution >= 0.6 is 0 Å². The summed E-state index contributed by atoms with van der Waals surface area (Å²) in [6.07, 6.45) is 1.49. The maximum Gasteiger partial charge on any atom is 0.234 e. The predicted molar refractivity (Wildman–Crippen MR) is 72.4 cm³/mol. The zero-order chi connectivity index (χ0) is 13.5. The molecule has 4 nitrogen and oxygen atoms in total. The van der Waals surface area contributed by atoms with E-state index < -0.39 is 11.9 Å². The van der Waals surface area contributed by atoms with Crippen LogP contribution in [0.1, 0.15) is 38.2 Å². The average Bonchev–Trinajstić information content (AvgIpc) is 2.38. The number of ether oxygens (including phenoxy) is 1. The molecule has 2 unspecified atom stereocenters. The SMILES string of the molecule is CCC(C)c1ccccc1OCCC(N)C(N)=O. The molecule has 1 aromatic rings. The van der Waals surface area contributed by atoms with Crippen LogP contribution in [0.5, 0.6) is 5.75 Å². The van der Waals surface area contributed by atoms with Gasteiger partial charge in [-0.15, -0.1) is 0 Å². The number of hydrogen-bond donors (Lipinski definition) is 2. The van der Waals surface area contributed by atoms with Gasteiger partial charge in [0, 0.05) is 6.42 Å². The molecule has 1 amide bonds. The number of para-hydroxylation sites is 1. The van der Waals surface area contributed by atoms with Crippen molar-refractivity contribution in [3.63, 3.8) is 0 Å². The van der Waals surface area contributed by atoms with Crippen molar-refractivity contribution in [2.24, 2.45) is 11.5 Å². The second-order valence-corrected chi connectivity index (χ2v) is 4.49. The van der Waals surface area contributed by atoms with Crippen molar-refractivity contribution in [2.45, 2.75) is 38.6 Å². The van der Waals surface area contributed by atoms with Crippen LogP contribution in [0.4, 0.5) is 0 Å². The van der Waals surface area contributed by atoms with Gasteiger partial charge in [-0.2, -0.15) is 0 Å². The van der Waals surface area contributed by atoms with Crippen LogP contribution < -0.4 is 16.2 Å². The first-order valence-corrected chi connectivity index (χ1v) is 6.32. The first-order valence-electron chi connectivity index (χ1n) is 6.32. The Labute approximate surface area is 108 Å². The highest BCUT2D eigenvalue weighted by Gasteiger charge is 2.12. The van der Waals surface area contributed by atoms with Crippen molar-refractivity contribution in [2.75, 3.05) is 6.61 Å². The lowest BCUT2D eigenvalue weighted by Crippen LogP contribution is -2.37. The van der Waals surface area contributed by atoms with Crippen LogP contribution in [0, 0.1) is 0 Å². The van der Waals surface area contributed by atoms with E-state index in [0.717, 1.165) is 12.2 Å². The molecular weight excluding hydrogens is 228 g/mol. The molecule has 1 rings (SSSR count). The summed E-state index contributed by atoms with van der Waals surface area (Å²) in [6, 6.07) is 7.31. The Morgan fingerprint density at radius 3 is 2.67 bits per heavy atom. The lowest BCUT2D eigenvalue weighted by molar-refractivity contribution is -0.119. The normalized spacial score (nSPS) is 13.9. The minimum atomic E-state index is -0.638. The van der Waals surface area contributed by atoms with E-state index in [2.05, 4.69) is 19.9 Å². The van der Waals surface area contributed by atoms with Gasteiger partial charge < -0.3 is 16.2 Å². The number of amides is 1. The zero-order valence-electron chi connectivity index (χ0n) is 11.1. The number of rotatable bonds is 7. The number of primary amides is 1. The molecule has 0 aromatic heterocycles. The van der Waals surface area contributed by atoms with E-state index in [1.807, 2.05) is 18.2 Å². The van der Waals surface area contributed by atoms with Crippen LogP contribution in [0.2, 0.25) is 0 Å². The Morgan fingerprint density at radius 2 is 2.06 bits per heavy atom. The molecule has 0 spiro atoms. The minimum Gasteiger partial charge on any atom is -0.493 e. The molecular formula is C14H22N2O2. The zero-order valence-corrected chi connectivity index (χ0v) is 11.1. The Bertz CT molecular complexity index is 393. The molecule has 0 fully saturated rings. The lowest BCUT2D eigenvalue weighted by atomic mass is 9.98. The molecule has 0 aliphatic heterocycles. The maximum absolute atomic E-state index is 10.8.